The van der Waals surface area contributed by atoms with Crippen molar-refractivity contribution in [3.63, 3.8) is 0 Å². The van der Waals surface area contributed by atoms with Crippen molar-refractivity contribution >= 4 is 11.6 Å². The van der Waals surface area contributed by atoms with Gasteiger partial charge in [-0.05, 0) is 31.0 Å². The van der Waals surface area contributed by atoms with Crippen molar-refractivity contribution in [1.29, 1.82) is 0 Å². The molecule has 0 aliphatic rings. The van der Waals surface area contributed by atoms with Gasteiger partial charge < -0.3 is 5.32 Å². The molecule has 0 aliphatic carbocycles. The maximum atomic E-state index is 13.7. The fourth-order valence-corrected chi connectivity index (χ4v) is 2.48. The van der Waals surface area contributed by atoms with Crippen LogP contribution in [0.1, 0.15) is 44.4 Å². The molecule has 0 amide bonds. The van der Waals surface area contributed by atoms with E-state index in [4.69, 9.17) is 11.6 Å². The van der Waals surface area contributed by atoms with Gasteiger partial charge in [0.1, 0.15) is 5.82 Å². The second kappa shape index (κ2) is 7.05. The normalized spacial score (nSPS) is 11.3. The third kappa shape index (κ3) is 3.63. The van der Waals surface area contributed by atoms with E-state index in [1.165, 1.54) is 6.07 Å². The summed E-state index contributed by atoms with van der Waals surface area (Å²) in [5.41, 5.74) is 2.94. The van der Waals surface area contributed by atoms with Crippen LogP contribution in [0.2, 0.25) is 5.02 Å². The Morgan fingerprint density at radius 2 is 2.14 bits per heavy atom. The number of hydrogen-bond acceptors (Lipinski definition) is 2. The average Bonchev–Trinajstić information content (AvgIpc) is 2.86. The molecule has 2 rings (SSSR count). The number of halogens is 2. The number of aromatic nitrogens is 2. The maximum Gasteiger partial charge on any atom is 0.143 e. The first kappa shape index (κ1) is 16.0. The van der Waals surface area contributed by atoms with Gasteiger partial charge in [-0.15, -0.1) is 0 Å². The molecule has 1 N–H and O–H groups in total. The van der Waals surface area contributed by atoms with E-state index in [0.29, 0.717) is 11.6 Å². The van der Waals surface area contributed by atoms with Gasteiger partial charge in [0.05, 0.1) is 22.6 Å². The number of hydrogen-bond donors (Lipinski definition) is 1. The fraction of sp³-hybridized carbons (Fsp3) is 0.438. The number of benzene rings is 1. The lowest BCUT2D eigenvalue weighted by Crippen LogP contribution is -2.15. The second-order valence-electron chi connectivity index (χ2n) is 5.40. The van der Waals surface area contributed by atoms with Crippen LogP contribution < -0.4 is 5.32 Å². The Hall–Kier alpha value is -1.39. The first-order valence-electron chi connectivity index (χ1n) is 7.27. The van der Waals surface area contributed by atoms with Crippen molar-refractivity contribution in [2.45, 2.75) is 39.7 Å². The molecule has 3 nitrogen and oxygen atoms in total. The van der Waals surface area contributed by atoms with Crippen LogP contribution in [0.3, 0.4) is 0 Å². The molecule has 1 aromatic heterocycles. The molecule has 0 bridgehead atoms. The smallest absolute Gasteiger partial charge is 0.143 e. The summed E-state index contributed by atoms with van der Waals surface area (Å²) >= 11 is 5.75. The van der Waals surface area contributed by atoms with Gasteiger partial charge in [-0.1, -0.05) is 32.4 Å². The van der Waals surface area contributed by atoms with Gasteiger partial charge in [0, 0.05) is 18.2 Å². The average molecular weight is 310 g/mol. The van der Waals surface area contributed by atoms with Crippen molar-refractivity contribution in [2.75, 3.05) is 6.54 Å². The first-order valence-corrected chi connectivity index (χ1v) is 7.65. The van der Waals surface area contributed by atoms with Crippen molar-refractivity contribution in [3.05, 3.63) is 46.5 Å². The zero-order chi connectivity index (χ0) is 15.4. The van der Waals surface area contributed by atoms with Crippen molar-refractivity contribution < 1.29 is 4.39 Å². The van der Waals surface area contributed by atoms with Crippen LogP contribution in [0.4, 0.5) is 4.39 Å². The number of rotatable bonds is 6. The van der Waals surface area contributed by atoms with E-state index < -0.39 is 5.82 Å². The zero-order valence-electron chi connectivity index (χ0n) is 12.7. The quantitative estimate of drug-likeness (QED) is 0.807. The molecule has 0 spiro atoms. The predicted octanol–water partition coefficient (Wildman–Crippen LogP) is 4.29. The van der Waals surface area contributed by atoms with Gasteiger partial charge in [0.15, 0.2) is 0 Å². The van der Waals surface area contributed by atoms with E-state index in [2.05, 4.69) is 31.2 Å². The largest absolute Gasteiger partial charge is 0.313 e. The SMILES string of the molecule is CCCNCc1cnn(-c2ccc(Cl)c(F)c2)c1C(C)C. The second-order valence-corrected chi connectivity index (χ2v) is 5.80. The topological polar surface area (TPSA) is 29.9 Å². The van der Waals surface area contributed by atoms with Gasteiger partial charge in [0.25, 0.3) is 0 Å². The Kier molecular flexibility index (Phi) is 5.37. The molecule has 5 heteroatoms. The maximum absolute atomic E-state index is 13.7. The van der Waals surface area contributed by atoms with E-state index in [0.717, 1.165) is 30.8 Å². The Morgan fingerprint density at radius 3 is 2.76 bits per heavy atom. The van der Waals surface area contributed by atoms with Gasteiger partial charge in [-0.3, -0.25) is 0 Å². The summed E-state index contributed by atoms with van der Waals surface area (Å²) < 4.78 is 15.5. The van der Waals surface area contributed by atoms with Crippen LogP contribution >= 0.6 is 11.6 Å². The van der Waals surface area contributed by atoms with Gasteiger partial charge >= 0.3 is 0 Å². The van der Waals surface area contributed by atoms with Crippen LogP contribution in [0, 0.1) is 5.82 Å². The molecule has 1 heterocycles. The van der Waals surface area contributed by atoms with Crippen LogP contribution in [0.25, 0.3) is 5.69 Å². The highest BCUT2D eigenvalue weighted by molar-refractivity contribution is 6.30. The monoisotopic (exact) mass is 309 g/mol. The van der Waals surface area contributed by atoms with Crippen LogP contribution in [-0.4, -0.2) is 16.3 Å². The summed E-state index contributed by atoms with van der Waals surface area (Å²) in [6, 6.07) is 4.77. The third-order valence-corrected chi connectivity index (χ3v) is 3.63. The lowest BCUT2D eigenvalue weighted by atomic mass is 10.1. The lowest BCUT2D eigenvalue weighted by molar-refractivity contribution is 0.623. The first-order chi connectivity index (χ1) is 10.0. The van der Waals surface area contributed by atoms with Gasteiger partial charge in [0.2, 0.25) is 0 Å². The molecule has 2 aromatic rings. The van der Waals surface area contributed by atoms with Crippen LogP contribution in [0.5, 0.6) is 0 Å². The standard InChI is InChI=1S/C16H21ClFN3/c1-4-7-19-9-12-10-20-21(16(12)11(2)3)13-5-6-14(17)15(18)8-13/h5-6,8,10-11,19H,4,7,9H2,1-3H3. The highest BCUT2D eigenvalue weighted by Gasteiger charge is 2.16. The number of nitrogens with one attached hydrogen (secondary N) is 1. The molecule has 114 valence electrons. The fourth-order valence-electron chi connectivity index (χ4n) is 2.37. The molecule has 0 saturated heterocycles. The molecule has 1 aromatic carbocycles. The summed E-state index contributed by atoms with van der Waals surface area (Å²) in [6.45, 7) is 8.11. The zero-order valence-corrected chi connectivity index (χ0v) is 13.4. The molecule has 0 aliphatic heterocycles. The van der Waals surface area contributed by atoms with Crippen LogP contribution in [0.15, 0.2) is 24.4 Å². The van der Waals surface area contributed by atoms with Crippen molar-refractivity contribution in [1.82, 2.24) is 15.1 Å². The lowest BCUT2D eigenvalue weighted by Gasteiger charge is -2.13. The minimum absolute atomic E-state index is 0.127. The van der Waals surface area contributed by atoms with E-state index in [1.807, 2.05) is 6.20 Å². The van der Waals surface area contributed by atoms with Crippen molar-refractivity contribution in [3.8, 4) is 5.69 Å². The molecule has 0 atom stereocenters. The molecule has 0 saturated carbocycles. The van der Waals surface area contributed by atoms with E-state index >= 15 is 0 Å². The van der Waals surface area contributed by atoms with Crippen LogP contribution in [-0.2, 0) is 6.54 Å². The Labute approximate surface area is 130 Å². The minimum atomic E-state index is -0.426. The van der Waals surface area contributed by atoms with E-state index in [9.17, 15) is 4.39 Å². The van der Waals surface area contributed by atoms with E-state index in [-0.39, 0.29) is 5.02 Å². The molecular formula is C16H21ClFN3. The molecular weight excluding hydrogens is 289 g/mol. The summed E-state index contributed by atoms with van der Waals surface area (Å²) in [7, 11) is 0. The molecule has 0 fully saturated rings. The third-order valence-electron chi connectivity index (χ3n) is 3.32. The highest BCUT2D eigenvalue weighted by atomic mass is 35.5. The Bertz CT molecular complexity index is 608. The van der Waals surface area contributed by atoms with Crippen molar-refractivity contribution in [2.24, 2.45) is 0 Å². The Balaban J connectivity index is 2.36. The van der Waals surface area contributed by atoms with Gasteiger partial charge in [-0.2, -0.15) is 5.10 Å². The van der Waals surface area contributed by atoms with Gasteiger partial charge in [-0.25, -0.2) is 9.07 Å². The van der Waals surface area contributed by atoms with E-state index in [1.54, 1.807) is 16.8 Å². The molecule has 21 heavy (non-hydrogen) atoms. The summed E-state index contributed by atoms with van der Waals surface area (Å²) in [6.07, 6.45) is 2.94. The minimum Gasteiger partial charge on any atom is -0.313 e. The summed E-state index contributed by atoms with van der Waals surface area (Å²) in [4.78, 5) is 0. The predicted molar refractivity (Wildman–Crippen MR) is 84.6 cm³/mol. The number of nitrogens with zero attached hydrogens (tertiary/aromatic N) is 2. The Morgan fingerprint density at radius 1 is 1.38 bits per heavy atom. The highest BCUT2D eigenvalue weighted by Crippen LogP contribution is 2.25. The molecule has 0 unspecified atom stereocenters. The molecule has 0 radical (unpaired) electrons. The summed E-state index contributed by atoms with van der Waals surface area (Å²) in [5.74, 6) is -0.130. The summed E-state index contributed by atoms with van der Waals surface area (Å²) in [5, 5.41) is 7.93.